The molecule has 0 saturated carbocycles. The Morgan fingerprint density at radius 3 is 2.23 bits per heavy atom. The van der Waals surface area contributed by atoms with E-state index in [4.69, 9.17) is 43.3 Å². The average Bonchev–Trinajstić information content (AvgIpc) is 3.43. The largest absolute Gasteiger partial charge is 0.490 e. The van der Waals surface area contributed by atoms with Crippen molar-refractivity contribution in [3.8, 4) is 11.3 Å². The summed E-state index contributed by atoms with van der Waals surface area (Å²) < 4.78 is 37.9. The van der Waals surface area contributed by atoms with Crippen molar-refractivity contribution in [2.75, 3.05) is 17.2 Å². The lowest BCUT2D eigenvalue weighted by Gasteiger charge is -2.16. The van der Waals surface area contributed by atoms with Gasteiger partial charge < -0.3 is 25.9 Å². The van der Waals surface area contributed by atoms with E-state index in [2.05, 4.69) is 20.6 Å². The van der Waals surface area contributed by atoms with Crippen LogP contribution in [0.3, 0.4) is 0 Å². The predicted octanol–water partition coefficient (Wildman–Crippen LogP) is 8.41. The Morgan fingerprint density at radius 1 is 0.872 bits per heavy atom. The normalized spacial score (nSPS) is 11.9. The summed E-state index contributed by atoms with van der Waals surface area (Å²) in [5, 5.41) is 16.2. The highest BCUT2D eigenvalue weighted by molar-refractivity contribution is 6.42. The van der Waals surface area contributed by atoms with E-state index in [1.807, 2.05) is 60.7 Å². The molecule has 2 heterocycles. The number of carbonyl (C=O) groups excluding carboxylic acids is 1. The van der Waals surface area contributed by atoms with E-state index in [1.165, 1.54) is 6.33 Å². The van der Waals surface area contributed by atoms with Crippen molar-refractivity contribution in [3.05, 3.63) is 113 Å². The molecule has 0 saturated heterocycles. The minimum absolute atomic E-state index is 0.126. The van der Waals surface area contributed by atoms with Gasteiger partial charge in [-0.2, -0.15) is 13.2 Å². The number of aromatic nitrogens is 2. The van der Waals surface area contributed by atoms with E-state index >= 15 is 0 Å². The van der Waals surface area contributed by atoms with E-state index in [-0.39, 0.29) is 12.5 Å². The standard InChI is InChI=1S/C31H23Cl2N5O2.C2HF3O2/c32-25-13-8-18(14-26(25)33)24(16-34)31(39)38-20-11-9-19(10-12-20)37-29-15-27(35-17-36-29)23-6-3-5-22-21-4-1-2-7-28(21)40-30(22)23;3-2(4,5)1(6)7/h1-15,17,24H,16,34H2,(H,38,39)(H,35,36,37);(H,6,7). The summed E-state index contributed by atoms with van der Waals surface area (Å²) in [6.07, 6.45) is -3.57. The smallest absolute Gasteiger partial charge is 0.475 e. The fourth-order valence-electron chi connectivity index (χ4n) is 4.66. The van der Waals surface area contributed by atoms with Gasteiger partial charge in [0.05, 0.1) is 21.7 Å². The molecule has 0 spiro atoms. The van der Waals surface area contributed by atoms with Crippen LogP contribution >= 0.6 is 23.2 Å². The number of amides is 1. The zero-order valence-corrected chi connectivity index (χ0v) is 25.6. The van der Waals surface area contributed by atoms with Gasteiger partial charge in [0.1, 0.15) is 23.3 Å². The molecule has 47 heavy (non-hydrogen) atoms. The first-order valence-corrected chi connectivity index (χ1v) is 14.6. The number of furan rings is 1. The summed E-state index contributed by atoms with van der Waals surface area (Å²) in [6.45, 7) is 0.126. The molecular weight excluding hydrogens is 658 g/mol. The number of carbonyl (C=O) groups is 2. The van der Waals surface area contributed by atoms with Crippen molar-refractivity contribution in [2.45, 2.75) is 12.1 Å². The van der Waals surface area contributed by atoms with E-state index in [0.29, 0.717) is 27.1 Å². The van der Waals surface area contributed by atoms with E-state index in [0.717, 1.165) is 38.9 Å². The maximum Gasteiger partial charge on any atom is 0.490 e. The molecule has 5 N–H and O–H groups in total. The predicted molar refractivity (Wildman–Crippen MR) is 175 cm³/mol. The summed E-state index contributed by atoms with van der Waals surface area (Å²) in [5.41, 5.74) is 11.3. The van der Waals surface area contributed by atoms with Crippen LogP contribution in [0.2, 0.25) is 10.0 Å². The molecule has 6 aromatic rings. The van der Waals surface area contributed by atoms with Crippen LogP contribution in [0.5, 0.6) is 0 Å². The van der Waals surface area contributed by atoms with Gasteiger partial charge in [-0.3, -0.25) is 4.79 Å². The molecule has 9 nitrogen and oxygen atoms in total. The lowest BCUT2D eigenvalue weighted by Crippen LogP contribution is -2.27. The van der Waals surface area contributed by atoms with Gasteiger partial charge in [-0.1, -0.05) is 59.6 Å². The number of nitrogens with two attached hydrogens (primary N) is 1. The first-order chi connectivity index (χ1) is 22.4. The van der Waals surface area contributed by atoms with Crippen molar-refractivity contribution in [1.29, 1.82) is 0 Å². The van der Waals surface area contributed by atoms with Gasteiger partial charge in [0.2, 0.25) is 5.91 Å². The summed E-state index contributed by atoms with van der Waals surface area (Å²) in [4.78, 5) is 30.7. The number of carboxylic acid groups (broad SMARTS) is 1. The van der Waals surface area contributed by atoms with Gasteiger partial charge in [0, 0.05) is 40.3 Å². The molecule has 240 valence electrons. The number of hydrogen-bond donors (Lipinski definition) is 4. The minimum atomic E-state index is -5.08. The second-order valence-corrected chi connectivity index (χ2v) is 10.8. The number of halogens is 5. The molecule has 0 aliphatic carbocycles. The molecule has 0 bridgehead atoms. The first kappa shape index (κ1) is 33.2. The zero-order valence-electron chi connectivity index (χ0n) is 24.1. The fraction of sp³-hybridized carbons (Fsp3) is 0.0909. The van der Waals surface area contributed by atoms with Crippen LogP contribution in [0.1, 0.15) is 11.5 Å². The van der Waals surface area contributed by atoms with Crippen LogP contribution < -0.4 is 16.4 Å². The average molecular weight is 682 g/mol. The quantitative estimate of drug-likeness (QED) is 0.131. The maximum atomic E-state index is 12.9. The van der Waals surface area contributed by atoms with Crippen molar-refractivity contribution >= 4 is 74.2 Å². The molecule has 0 fully saturated rings. The number of fused-ring (bicyclic) bond motifs is 3. The number of carboxylic acids is 1. The van der Waals surface area contributed by atoms with E-state index < -0.39 is 18.1 Å². The number of nitrogens with one attached hydrogen (secondary N) is 2. The topological polar surface area (TPSA) is 143 Å². The number of aliphatic carboxylic acids is 1. The highest BCUT2D eigenvalue weighted by Gasteiger charge is 2.38. The van der Waals surface area contributed by atoms with Gasteiger partial charge in [-0.05, 0) is 54.1 Å². The Hall–Kier alpha value is -5.17. The van der Waals surface area contributed by atoms with Gasteiger partial charge in [0.25, 0.3) is 0 Å². The van der Waals surface area contributed by atoms with Crippen molar-refractivity contribution < 1.29 is 32.3 Å². The Balaban J connectivity index is 0.000000559. The molecule has 1 amide bonds. The van der Waals surface area contributed by atoms with Crippen LogP contribution in [0.4, 0.5) is 30.4 Å². The molecule has 1 unspecified atom stereocenters. The van der Waals surface area contributed by atoms with Crippen LogP contribution in [0.15, 0.2) is 102 Å². The lowest BCUT2D eigenvalue weighted by molar-refractivity contribution is -0.192. The van der Waals surface area contributed by atoms with Crippen molar-refractivity contribution in [1.82, 2.24) is 9.97 Å². The third-order valence-electron chi connectivity index (χ3n) is 6.91. The highest BCUT2D eigenvalue weighted by Crippen LogP contribution is 2.35. The van der Waals surface area contributed by atoms with Gasteiger partial charge in [-0.15, -0.1) is 0 Å². The number of para-hydroxylation sites is 2. The van der Waals surface area contributed by atoms with Gasteiger partial charge >= 0.3 is 12.1 Å². The number of anilines is 3. The second-order valence-electron chi connectivity index (χ2n) is 10.0. The van der Waals surface area contributed by atoms with Crippen LogP contribution in [0.25, 0.3) is 33.2 Å². The zero-order chi connectivity index (χ0) is 33.7. The van der Waals surface area contributed by atoms with E-state index in [1.54, 1.807) is 30.3 Å². The van der Waals surface area contributed by atoms with Crippen molar-refractivity contribution in [3.63, 3.8) is 0 Å². The summed E-state index contributed by atoms with van der Waals surface area (Å²) in [6, 6.07) is 28.3. The lowest BCUT2D eigenvalue weighted by atomic mass is 9.98. The Bertz CT molecular complexity index is 2070. The first-order valence-electron chi connectivity index (χ1n) is 13.8. The molecule has 0 aliphatic heterocycles. The number of alkyl halides is 3. The molecular formula is C33H24Cl2F3N5O4. The molecule has 2 aromatic heterocycles. The number of nitrogens with zero attached hydrogens (tertiary/aromatic N) is 2. The molecule has 1 atom stereocenters. The minimum Gasteiger partial charge on any atom is -0.475 e. The number of rotatable bonds is 7. The molecule has 0 aliphatic rings. The summed E-state index contributed by atoms with van der Waals surface area (Å²) in [7, 11) is 0. The van der Waals surface area contributed by atoms with Gasteiger partial charge in [0.15, 0.2) is 0 Å². The molecule has 6 rings (SSSR count). The van der Waals surface area contributed by atoms with Crippen LogP contribution in [-0.4, -0.2) is 39.7 Å². The SMILES string of the molecule is NCC(C(=O)Nc1ccc(Nc2cc(-c3cccc4c3oc3ccccc34)ncn2)cc1)c1ccc(Cl)c(Cl)c1.O=C(O)C(F)(F)F. The van der Waals surface area contributed by atoms with Crippen molar-refractivity contribution in [2.24, 2.45) is 5.73 Å². The second kappa shape index (κ2) is 14.1. The van der Waals surface area contributed by atoms with Crippen LogP contribution in [-0.2, 0) is 9.59 Å². The fourth-order valence-corrected chi connectivity index (χ4v) is 4.97. The summed E-state index contributed by atoms with van der Waals surface area (Å²) >= 11 is 12.1. The number of benzene rings is 4. The summed E-state index contributed by atoms with van der Waals surface area (Å²) in [5.74, 6) is -2.93. The maximum absolute atomic E-state index is 12.9. The molecule has 4 aromatic carbocycles. The van der Waals surface area contributed by atoms with Crippen LogP contribution in [0, 0.1) is 0 Å². The third kappa shape index (κ3) is 7.80. The monoisotopic (exact) mass is 681 g/mol. The Morgan fingerprint density at radius 2 is 1.55 bits per heavy atom. The van der Waals surface area contributed by atoms with E-state index in [9.17, 15) is 18.0 Å². The highest BCUT2D eigenvalue weighted by atomic mass is 35.5. The molecule has 0 radical (unpaired) electrons. The molecule has 14 heteroatoms. The number of hydrogen-bond acceptors (Lipinski definition) is 7. The Kier molecular flexibility index (Phi) is 9.95. The van der Waals surface area contributed by atoms with Gasteiger partial charge in [-0.25, -0.2) is 14.8 Å². The Labute approximate surface area is 275 Å². The third-order valence-corrected chi connectivity index (χ3v) is 7.65.